The lowest BCUT2D eigenvalue weighted by atomic mass is 10.1. The third kappa shape index (κ3) is 1.20. The summed E-state index contributed by atoms with van der Waals surface area (Å²) in [5.41, 5.74) is 1.24. The van der Waals surface area contributed by atoms with E-state index in [-0.39, 0.29) is 0 Å². The molecule has 60 valence electrons. The Morgan fingerprint density at radius 1 is 1.17 bits per heavy atom. The summed E-state index contributed by atoms with van der Waals surface area (Å²) in [6.07, 6.45) is 3.82. The molecule has 0 aliphatic rings. The first-order valence-corrected chi connectivity index (χ1v) is 4.86. The zero-order valence-corrected chi connectivity index (χ0v) is 8.87. The fourth-order valence-corrected chi connectivity index (χ4v) is 1.94. The summed E-state index contributed by atoms with van der Waals surface area (Å²) in [6.45, 7) is 2.09. The Hall–Kier alpha value is -0.640. The summed E-state index contributed by atoms with van der Waals surface area (Å²) >= 11 is 2.33. The first kappa shape index (κ1) is 7.98. The second-order valence-corrected chi connectivity index (χ2v) is 3.95. The van der Waals surface area contributed by atoms with E-state index < -0.39 is 0 Å². The van der Waals surface area contributed by atoms with Crippen molar-refractivity contribution in [2.45, 2.75) is 6.92 Å². The molecule has 0 spiro atoms. The molecule has 0 aliphatic heterocycles. The van der Waals surface area contributed by atoms with E-state index in [2.05, 4.69) is 52.7 Å². The predicted octanol–water partition coefficient (Wildman–Crippen LogP) is 3.15. The Labute approximate surface area is 85.0 Å². The molecule has 0 saturated heterocycles. The van der Waals surface area contributed by atoms with Crippen molar-refractivity contribution in [2.75, 3.05) is 0 Å². The standard InChI is InChI=1S/C10H8IN/c1-7-5-12-6-9-8(7)3-2-4-10(9)11/h2-6H,1H3. The van der Waals surface area contributed by atoms with Crippen LogP contribution in [0.25, 0.3) is 10.8 Å². The first-order valence-electron chi connectivity index (χ1n) is 3.78. The van der Waals surface area contributed by atoms with Crippen molar-refractivity contribution in [3.05, 3.63) is 39.7 Å². The number of aryl methyl sites for hydroxylation is 1. The van der Waals surface area contributed by atoms with Crippen LogP contribution in [0.15, 0.2) is 30.6 Å². The van der Waals surface area contributed by atoms with Crippen LogP contribution < -0.4 is 0 Å². The van der Waals surface area contributed by atoms with Crippen LogP contribution in [0.4, 0.5) is 0 Å². The summed E-state index contributed by atoms with van der Waals surface area (Å²) in [6, 6.07) is 6.32. The smallest absolute Gasteiger partial charge is 0.0357 e. The van der Waals surface area contributed by atoms with Crippen LogP contribution in [-0.2, 0) is 0 Å². The van der Waals surface area contributed by atoms with E-state index in [0.717, 1.165) is 0 Å². The highest BCUT2D eigenvalue weighted by molar-refractivity contribution is 14.1. The third-order valence-corrected chi connectivity index (χ3v) is 2.89. The fraction of sp³-hybridized carbons (Fsp3) is 0.100. The van der Waals surface area contributed by atoms with Crippen molar-refractivity contribution >= 4 is 33.4 Å². The van der Waals surface area contributed by atoms with Gasteiger partial charge >= 0.3 is 0 Å². The predicted molar refractivity (Wildman–Crippen MR) is 59.2 cm³/mol. The molecule has 0 aliphatic carbocycles. The van der Waals surface area contributed by atoms with E-state index >= 15 is 0 Å². The van der Waals surface area contributed by atoms with Gasteiger partial charge in [-0.2, -0.15) is 0 Å². The molecule has 0 saturated carbocycles. The summed E-state index contributed by atoms with van der Waals surface area (Å²) in [7, 11) is 0. The number of nitrogens with zero attached hydrogens (tertiary/aromatic N) is 1. The van der Waals surface area contributed by atoms with Crippen molar-refractivity contribution in [1.29, 1.82) is 0 Å². The molecule has 0 unspecified atom stereocenters. The van der Waals surface area contributed by atoms with Crippen LogP contribution in [0.3, 0.4) is 0 Å². The summed E-state index contributed by atoms with van der Waals surface area (Å²) in [5.74, 6) is 0. The van der Waals surface area contributed by atoms with Gasteiger partial charge in [0.2, 0.25) is 0 Å². The van der Waals surface area contributed by atoms with Crippen molar-refractivity contribution in [2.24, 2.45) is 0 Å². The molecule has 0 radical (unpaired) electrons. The van der Waals surface area contributed by atoms with Gasteiger partial charge in [-0.1, -0.05) is 12.1 Å². The molecule has 1 aromatic heterocycles. The van der Waals surface area contributed by atoms with Gasteiger partial charge in [-0.15, -0.1) is 0 Å². The highest BCUT2D eigenvalue weighted by atomic mass is 127. The molecule has 0 amide bonds. The maximum absolute atomic E-state index is 4.17. The van der Waals surface area contributed by atoms with E-state index in [4.69, 9.17) is 0 Å². The monoisotopic (exact) mass is 269 g/mol. The molecule has 1 nitrogen and oxygen atoms in total. The van der Waals surface area contributed by atoms with Gasteiger partial charge in [-0.25, -0.2) is 0 Å². The number of benzene rings is 1. The highest BCUT2D eigenvalue weighted by Crippen LogP contribution is 2.21. The van der Waals surface area contributed by atoms with Crippen LogP contribution in [0, 0.1) is 10.5 Å². The molecule has 0 fully saturated rings. The average molecular weight is 269 g/mol. The van der Waals surface area contributed by atoms with Gasteiger partial charge < -0.3 is 0 Å². The minimum atomic E-state index is 1.24. The second kappa shape index (κ2) is 3.01. The molecule has 2 heteroatoms. The van der Waals surface area contributed by atoms with Crippen molar-refractivity contribution in [3.8, 4) is 0 Å². The quantitative estimate of drug-likeness (QED) is 0.669. The third-order valence-electron chi connectivity index (χ3n) is 1.95. The molecule has 2 rings (SSSR count). The molecule has 2 aromatic rings. The van der Waals surface area contributed by atoms with Gasteiger partial charge in [-0.05, 0) is 46.5 Å². The van der Waals surface area contributed by atoms with Gasteiger partial charge in [0.1, 0.15) is 0 Å². The number of aromatic nitrogens is 1. The molecule has 1 aromatic carbocycles. The number of hydrogen-bond acceptors (Lipinski definition) is 1. The van der Waals surface area contributed by atoms with E-state index in [0.29, 0.717) is 0 Å². The zero-order chi connectivity index (χ0) is 8.55. The second-order valence-electron chi connectivity index (χ2n) is 2.79. The number of hydrogen-bond donors (Lipinski definition) is 0. The summed E-state index contributed by atoms with van der Waals surface area (Å²) < 4.78 is 1.27. The van der Waals surface area contributed by atoms with Gasteiger partial charge in [0.25, 0.3) is 0 Å². The minimum absolute atomic E-state index is 1.24. The topological polar surface area (TPSA) is 12.9 Å². The van der Waals surface area contributed by atoms with Gasteiger partial charge in [0.05, 0.1) is 0 Å². The Morgan fingerprint density at radius 2 is 2.00 bits per heavy atom. The van der Waals surface area contributed by atoms with Crippen LogP contribution >= 0.6 is 22.6 Å². The molecule has 1 heterocycles. The molecular weight excluding hydrogens is 261 g/mol. The first-order chi connectivity index (χ1) is 5.79. The van der Waals surface area contributed by atoms with E-state index in [9.17, 15) is 0 Å². The Morgan fingerprint density at radius 3 is 2.75 bits per heavy atom. The Bertz CT molecular complexity index is 382. The molecule has 12 heavy (non-hydrogen) atoms. The van der Waals surface area contributed by atoms with Crippen LogP contribution in [0.2, 0.25) is 0 Å². The maximum atomic E-state index is 4.17. The zero-order valence-electron chi connectivity index (χ0n) is 6.71. The fourth-order valence-electron chi connectivity index (χ4n) is 1.31. The Balaban J connectivity index is 2.94. The lowest BCUT2D eigenvalue weighted by Crippen LogP contribution is -1.83. The summed E-state index contributed by atoms with van der Waals surface area (Å²) in [4.78, 5) is 4.17. The van der Waals surface area contributed by atoms with Gasteiger partial charge in [0, 0.05) is 21.4 Å². The largest absolute Gasteiger partial charge is 0.264 e. The van der Waals surface area contributed by atoms with Gasteiger partial charge in [-0.3, -0.25) is 4.98 Å². The highest BCUT2D eigenvalue weighted by Gasteiger charge is 1.98. The van der Waals surface area contributed by atoms with Crippen molar-refractivity contribution in [1.82, 2.24) is 4.98 Å². The minimum Gasteiger partial charge on any atom is -0.264 e. The van der Waals surface area contributed by atoms with Crippen LogP contribution in [-0.4, -0.2) is 4.98 Å². The van der Waals surface area contributed by atoms with Crippen molar-refractivity contribution in [3.63, 3.8) is 0 Å². The molecule has 0 bridgehead atoms. The number of fused-ring (bicyclic) bond motifs is 1. The number of halogens is 1. The number of pyridine rings is 1. The summed E-state index contributed by atoms with van der Waals surface area (Å²) in [5, 5.41) is 2.55. The van der Waals surface area contributed by atoms with Crippen molar-refractivity contribution < 1.29 is 0 Å². The number of rotatable bonds is 0. The van der Waals surface area contributed by atoms with E-state index in [1.54, 1.807) is 0 Å². The lowest BCUT2D eigenvalue weighted by molar-refractivity contribution is 1.31. The van der Waals surface area contributed by atoms with E-state index in [1.165, 1.54) is 19.9 Å². The normalized spacial score (nSPS) is 10.5. The van der Waals surface area contributed by atoms with Crippen LogP contribution in [0.1, 0.15) is 5.56 Å². The molecule has 0 atom stereocenters. The van der Waals surface area contributed by atoms with E-state index in [1.807, 2.05) is 12.4 Å². The average Bonchev–Trinajstić information content (AvgIpc) is 2.07. The lowest BCUT2D eigenvalue weighted by Gasteiger charge is -2.01. The molecular formula is C10H8IN. The Kier molecular flexibility index (Phi) is 2.00. The van der Waals surface area contributed by atoms with Gasteiger partial charge in [0.15, 0.2) is 0 Å². The maximum Gasteiger partial charge on any atom is 0.0357 e. The molecule has 0 N–H and O–H groups in total. The SMILES string of the molecule is Cc1cncc2c(I)cccc12. The van der Waals surface area contributed by atoms with Crippen LogP contribution in [0.5, 0.6) is 0 Å².